The normalized spacial score (nSPS) is 17.6. The number of carbonyl (C=O) groups is 1. The van der Waals surface area contributed by atoms with E-state index >= 15 is 0 Å². The summed E-state index contributed by atoms with van der Waals surface area (Å²) in [6, 6.07) is 1.93. The van der Waals surface area contributed by atoms with Gasteiger partial charge in [-0.25, -0.2) is 4.98 Å². The number of hydrogen-bond donors (Lipinski definition) is 0. The molecule has 1 aliphatic heterocycles. The Morgan fingerprint density at radius 1 is 1.42 bits per heavy atom. The Bertz CT molecular complexity index is 711. The molecule has 8 nitrogen and oxygen atoms in total. The molecule has 0 spiro atoms. The first-order valence-corrected chi connectivity index (χ1v) is 7.84. The number of ether oxygens (including phenoxy) is 2. The Morgan fingerprint density at radius 2 is 2.25 bits per heavy atom. The number of carbonyl (C=O) groups excluding carboxylic acids is 1. The molecular weight excluding hydrogens is 312 g/mol. The van der Waals surface area contributed by atoms with E-state index in [2.05, 4.69) is 15.1 Å². The number of methoxy groups -OCH3 is 1. The first kappa shape index (κ1) is 16.2. The molecule has 3 rings (SSSR count). The molecule has 0 bridgehead atoms. The van der Waals surface area contributed by atoms with E-state index < -0.39 is 0 Å². The number of hydrogen-bond acceptors (Lipinski definition) is 7. The zero-order valence-electron chi connectivity index (χ0n) is 14.0. The maximum absolute atomic E-state index is 12.7. The van der Waals surface area contributed by atoms with Crippen LogP contribution in [-0.4, -0.2) is 52.2 Å². The van der Waals surface area contributed by atoms with Gasteiger partial charge in [-0.2, -0.15) is 4.98 Å². The highest BCUT2D eigenvalue weighted by molar-refractivity contribution is 5.96. The van der Waals surface area contributed by atoms with Crippen molar-refractivity contribution < 1.29 is 18.8 Å². The zero-order valence-corrected chi connectivity index (χ0v) is 14.0. The number of likely N-dealkylation sites (tertiary alicyclic amines) is 1. The molecule has 24 heavy (non-hydrogen) atoms. The van der Waals surface area contributed by atoms with Crippen LogP contribution in [0.5, 0.6) is 11.9 Å². The molecule has 0 radical (unpaired) electrons. The second-order valence-electron chi connectivity index (χ2n) is 5.71. The quantitative estimate of drug-likeness (QED) is 0.842. The molecular formula is C16H20N4O4. The molecule has 1 saturated heterocycles. The number of nitrogens with zero attached hydrogens (tertiary/aromatic N) is 4. The van der Waals surface area contributed by atoms with Gasteiger partial charge in [0.05, 0.1) is 19.3 Å². The summed E-state index contributed by atoms with van der Waals surface area (Å²) in [5.41, 5.74) is 1.15. The highest BCUT2D eigenvalue weighted by Crippen LogP contribution is 2.21. The van der Waals surface area contributed by atoms with Crippen molar-refractivity contribution in [2.75, 3.05) is 20.2 Å². The Kier molecular flexibility index (Phi) is 4.64. The van der Waals surface area contributed by atoms with Crippen molar-refractivity contribution in [3.63, 3.8) is 0 Å². The summed E-state index contributed by atoms with van der Waals surface area (Å²) < 4.78 is 16.0. The lowest BCUT2D eigenvalue weighted by Crippen LogP contribution is -2.44. The lowest BCUT2D eigenvalue weighted by molar-refractivity contribution is 0.0523. The van der Waals surface area contributed by atoms with Crippen LogP contribution in [0.1, 0.15) is 34.7 Å². The molecule has 0 saturated carbocycles. The predicted octanol–water partition coefficient (Wildman–Crippen LogP) is 1.77. The second kappa shape index (κ2) is 6.86. The summed E-state index contributed by atoms with van der Waals surface area (Å²) in [7, 11) is 1.50. The second-order valence-corrected chi connectivity index (χ2v) is 5.71. The molecule has 1 fully saturated rings. The van der Waals surface area contributed by atoms with Crippen molar-refractivity contribution in [1.82, 2.24) is 20.0 Å². The molecule has 1 amide bonds. The van der Waals surface area contributed by atoms with Crippen molar-refractivity contribution in [2.24, 2.45) is 0 Å². The third kappa shape index (κ3) is 3.32. The van der Waals surface area contributed by atoms with Crippen molar-refractivity contribution in [1.29, 1.82) is 0 Å². The van der Waals surface area contributed by atoms with Crippen LogP contribution in [0.4, 0.5) is 0 Å². The Balaban J connectivity index is 1.69. The smallest absolute Gasteiger partial charge is 0.319 e. The highest BCUT2D eigenvalue weighted by Gasteiger charge is 2.29. The molecule has 0 N–H and O–H groups in total. The Morgan fingerprint density at radius 3 is 2.96 bits per heavy atom. The molecule has 128 valence electrons. The lowest BCUT2D eigenvalue weighted by atomic mass is 10.1. The number of aryl methyl sites for hydroxylation is 2. The third-order valence-electron chi connectivity index (χ3n) is 3.99. The maximum atomic E-state index is 12.7. The summed E-state index contributed by atoms with van der Waals surface area (Å²) in [6.45, 7) is 4.71. The van der Waals surface area contributed by atoms with E-state index in [4.69, 9.17) is 14.0 Å². The van der Waals surface area contributed by atoms with Gasteiger partial charge in [0.15, 0.2) is 0 Å². The van der Waals surface area contributed by atoms with Gasteiger partial charge in [-0.15, -0.1) is 0 Å². The molecule has 1 aliphatic rings. The number of piperidine rings is 1. The molecule has 0 aromatic carbocycles. The van der Waals surface area contributed by atoms with E-state index in [0.29, 0.717) is 36.0 Å². The molecule has 1 unspecified atom stereocenters. The average Bonchev–Trinajstić information content (AvgIpc) is 2.93. The topological polar surface area (TPSA) is 90.6 Å². The summed E-state index contributed by atoms with van der Waals surface area (Å²) in [5.74, 6) is 0.916. The summed E-state index contributed by atoms with van der Waals surface area (Å²) in [6.07, 6.45) is 3.18. The van der Waals surface area contributed by atoms with Crippen molar-refractivity contribution in [3.8, 4) is 11.9 Å². The zero-order chi connectivity index (χ0) is 17.1. The Hall–Kier alpha value is -2.64. The third-order valence-corrected chi connectivity index (χ3v) is 3.99. The fourth-order valence-corrected chi connectivity index (χ4v) is 2.83. The van der Waals surface area contributed by atoms with Gasteiger partial charge in [-0.05, 0) is 26.7 Å². The summed E-state index contributed by atoms with van der Waals surface area (Å²) >= 11 is 0. The van der Waals surface area contributed by atoms with Gasteiger partial charge in [0.25, 0.3) is 5.91 Å². The first-order chi connectivity index (χ1) is 11.6. The standard InChI is InChI=1S/C16H20N4O4/c1-10-14(11(2)24-19-10)15(21)20-8-4-5-12(9-20)23-13-6-7-17-16(18-13)22-3/h6-7,12H,4-5,8-9H2,1-3H3. The highest BCUT2D eigenvalue weighted by atomic mass is 16.5. The van der Waals surface area contributed by atoms with Crippen LogP contribution < -0.4 is 9.47 Å². The number of rotatable bonds is 4. The molecule has 2 aromatic heterocycles. The van der Waals surface area contributed by atoms with Crippen molar-refractivity contribution in [2.45, 2.75) is 32.8 Å². The minimum Gasteiger partial charge on any atom is -0.472 e. The van der Waals surface area contributed by atoms with Crippen LogP contribution in [0, 0.1) is 13.8 Å². The molecule has 1 atom stereocenters. The van der Waals surface area contributed by atoms with E-state index in [9.17, 15) is 4.79 Å². The van der Waals surface area contributed by atoms with Gasteiger partial charge in [0.1, 0.15) is 17.4 Å². The van der Waals surface area contributed by atoms with Crippen molar-refractivity contribution >= 4 is 5.91 Å². The fourth-order valence-electron chi connectivity index (χ4n) is 2.83. The summed E-state index contributed by atoms with van der Waals surface area (Å²) in [4.78, 5) is 22.6. The van der Waals surface area contributed by atoms with E-state index in [0.717, 1.165) is 12.8 Å². The summed E-state index contributed by atoms with van der Waals surface area (Å²) in [5, 5.41) is 3.85. The predicted molar refractivity (Wildman–Crippen MR) is 84.1 cm³/mol. The van der Waals surface area contributed by atoms with Crippen LogP contribution in [0.15, 0.2) is 16.8 Å². The van der Waals surface area contributed by atoms with Crippen LogP contribution >= 0.6 is 0 Å². The largest absolute Gasteiger partial charge is 0.472 e. The van der Waals surface area contributed by atoms with Crippen LogP contribution in [-0.2, 0) is 0 Å². The van der Waals surface area contributed by atoms with Gasteiger partial charge in [0.2, 0.25) is 5.88 Å². The minimum atomic E-state index is -0.122. The molecule has 8 heteroatoms. The SMILES string of the molecule is COc1nccc(OC2CCCN(C(=O)c3c(C)noc3C)C2)n1. The Labute approximate surface area is 139 Å². The van der Waals surface area contributed by atoms with E-state index in [1.165, 1.54) is 7.11 Å². The van der Waals surface area contributed by atoms with Crippen LogP contribution in [0.3, 0.4) is 0 Å². The van der Waals surface area contributed by atoms with Crippen LogP contribution in [0.25, 0.3) is 0 Å². The van der Waals surface area contributed by atoms with Crippen LogP contribution in [0.2, 0.25) is 0 Å². The molecule has 2 aromatic rings. The lowest BCUT2D eigenvalue weighted by Gasteiger charge is -2.32. The number of aromatic nitrogens is 3. The fraction of sp³-hybridized carbons (Fsp3) is 0.500. The van der Waals surface area contributed by atoms with E-state index in [-0.39, 0.29) is 18.0 Å². The number of amides is 1. The minimum absolute atomic E-state index is 0.0696. The monoisotopic (exact) mass is 332 g/mol. The maximum Gasteiger partial charge on any atom is 0.319 e. The van der Waals surface area contributed by atoms with E-state index in [1.54, 1.807) is 31.0 Å². The molecule has 3 heterocycles. The van der Waals surface area contributed by atoms with E-state index in [1.807, 2.05) is 0 Å². The molecule has 0 aliphatic carbocycles. The van der Waals surface area contributed by atoms with Gasteiger partial charge in [-0.3, -0.25) is 4.79 Å². The average molecular weight is 332 g/mol. The van der Waals surface area contributed by atoms with Gasteiger partial charge >= 0.3 is 6.01 Å². The van der Waals surface area contributed by atoms with Gasteiger partial charge in [-0.1, -0.05) is 5.16 Å². The van der Waals surface area contributed by atoms with Gasteiger partial charge < -0.3 is 18.9 Å². The van der Waals surface area contributed by atoms with Crippen molar-refractivity contribution in [3.05, 3.63) is 29.3 Å². The van der Waals surface area contributed by atoms with Gasteiger partial charge in [0, 0.05) is 18.8 Å². The first-order valence-electron chi connectivity index (χ1n) is 7.84.